The molecule has 0 spiro atoms. The predicted octanol–water partition coefficient (Wildman–Crippen LogP) is 3.82. The molecule has 3 aromatic rings. The summed E-state index contributed by atoms with van der Waals surface area (Å²) in [5.74, 6) is -1.27. The average Bonchev–Trinajstić information content (AvgIpc) is 3.63. The molecule has 2 aliphatic rings. The topological polar surface area (TPSA) is 102 Å². The quantitative estimate of drug-likeness (QED) is 0.445. The fraction of sp³-hybridized carbons (Fsp3) is 0.464. The molecule has 11 heteroatoms. The molecule has 1 saturated heterocycles. The Morgan fingerprint density at radius 1 is 0.974 bits per heavy atom. The van der Waals surface area contributed by atoms with Crippen LogP contribution >= 0.6 is 0 Å². The van der Waals surface area contributed by atoms with Crippen molar-refractivity contribution in [2.75, 3.05) is 13.2 Å². The van der Waals surface area contributed by atoms with E-state index in [1.807, 2.05) is 0 Å². The summed E-state index contributed by atoms with van der Waals surface area (Å²) in [5.41, 5.74) is 1.07. The van der Waals surface area contributed by atoms with Crippen LogP contribution in [0, 0.1) is 11.6 Å². The number of amides is 2. The van der Waals surface area contributed by atoms with Crippen molar-refractivity contribution >= 4 is 11.8 Å². The lowest BCUT2D eigenvalue weighted by atomic mass is 9.94. The highest BCUT2D eigenvalue weighted by atomic mass is 19.1. The lowest BCUT2D eigenvalue weighted by Gasteiger charge is -2.34. The standard InChI is InChI=1S/C28H32F2N6O3/c29-21-12-8-19(9-13-21)26(28(38)31-23-5-2-1-3-6-23)35(17-24-7-4-16-39-24)25(37)18-36-33-27(32-34-36)20-10-14-22(30)15-11-20/h8-15,23-24,26H,1-7,16-18H2,(H,31,38). The predicted molar refractivity (Wildman–Crippen MR) is 138 cm³/mol. The van der Waals surface area contributed by atoms with Gasteiger partial charge in [0.15, 0.2) is 0 Å². The first-order valence-electron chi connectivity index (χ1n) is 13.5. The smallest absolute Gasteiger partial charge is 0.247 e. The number of nitrogens with zero attached hydrogens (tertiary/aromatic N) is 5. The molecule has 1 saturated carbocycles. The van der Waals surface area contributed by atoms with Crippen LogP contribution in [-0.4, -0.2) is 62.2 Å². The molecule has 1 aliphatic heterocycles. The minimum absolute atomic E-state index is 0.0316. The summed E-state index contributed by atoms with van der Waals surface area (Å²) in [5, 5.41) is 15.4. The third-order valence-electron chi connectivity index (χ3n) is 7.27. The molecule has 1 N–H and O–H groups in total. The minimum atomic E-state index is -0.982. The first-order valence-corrected chi connectivity index (χ1v) is 13.5. The zero-order valence-corrected chi connectivity index (χ0v) is 21.6. The monoisotopic (exact) mass is 538 g/mol. The molecule has 2 atom stereocenters. The summed E-state index contributed by atoms with van der Waals surface area (Å²) in [6.07, 6.45) is 6.40. The lowest BCUT2D eigenvalue weighted by Crippen LogP contribution is -2.50. The number of nitrogens with one attached hydrogen (secondary N) is 1. The van der Waals surface area contributed by atoms with Gasteiger partial charge in [-0.05, 0) is 72.9 Å². The molecule has 2 aromatic carbocycles. The molecule has 2 heterocycles. The molecule has 5 rings (SSSR count). The lowest BCUT2D eigenvalue weighted by molar-refractivity contribution is -0.143. The summed E-state index contributed by atoms with van der Waals surface area (Å²) in [6, 6.07) is 10.4. The van der Waals surface area contributed by atoms with Crippen molar-refractivity contribution in [3.8, 4) is 11.4 Å². The largest absolute Gasteiger partial charge is 0.376 e. The molecule has 206 valence electrons. The zero-order valence-electron chi connectivity index (χ0n) is 21.6. The van der Waals surface area contributed by atoms with Gasteiger partial charge in [-0.2, -0.15) is 4.80 Å². The van der Waals surface area contributed by atoms with E-state index in [1.165, 1.54) is 53.4 Å². The van der Waals surface area contributed by atoms with Crippen molar-refractivity contribution in [1.29, 1.82) is 0 Å². The van der Waals surface area contributed by atoms with Crippen molar-refractivity contribution in [3.05, 3.63) is 65.7 Å². The van der Waals surface area contributed by atoms with Crippen LogP contribution < -0.4 is 5.32 Å². The van der Waals surface area contributed by atoms with Crippen LogP contribution in [0.4, 0.5) is 8.78 Å². The highest BCUT2D eigenvalue weighted by Gasteiger charge is 2.35. The Morgan fingerprint density at radius 3 is 2.33 bits per heavy atom. The van der Waals surface area contributed by atoms with E-state index in [-0.39, 0.29) is 42.8 Å². The number of hydrogen-bond donors (Lipinski definition) is 1. The Balaban J connectivity index is 1.41. The Hall–Kier alpha value is -3.73. The number of benzene rings is 2. The van der Waals surface area contributed by atoms with Crippen molar-refractivity contribution in [2.24, 2.45) is 0 Å². The van der Waals surface area contributed by atoms with E-state index in [0.717, 1.165) is 49.7 Å². The number of aromatic nitrogens is 4. The Bertz CT molecular complexity index is 1260. The Morgan fingerprint density at radius 2 is 1.67 bits per heavy atom. The molecule has 1 aromatic heterocycles. The summed E-state index contributed by atoms with van der Waals surface area (Å²) in [4.78, 5) is 30.2. The van der Waals surface area contributed by atoms with Crippen LogP contribution in [0.3, 0.4) is 0 Å². The molecule has 0 bridgehead atoms. The van der Waals surface area contributed by atoms with Crippen LogP contribution in [0.2, 0.25) is 0 Å². The fourth-order valence-electron chi connectivity index (χ4n) is 5.24. The zero-order chi connectivity index (χ0) is 27.2. The second kappa shape index (κ2) is 12.4. The van der Waals surface area contributed by atoms with E-state index in [1.54, 1.807) is 0 Å². The third-order valence-corrected chi connectivity index (χ3v) is 7.27. The maximum atomic E-state index is 13.8. The Kier molecular flexibility index (Phi) is 8.55. The number of carbonyl (C=O) groups excluding carboxylic acids is 2. The second-order valence-electron chi connectivity index (χ2n) is 10.1. The minimum Gasteiger partial charge on any atom is -0.376 e. The number of tetrazole rings is 1. The van der Waals surface area contributed by atoms with Gasteiger partial charge in [-0.1, -0.05) is 31.4 Å². The molecule has 2 amide bonds. The molecule has 2 unspecified atom stereocenters. The van der Waals surface area contributed by atoms with E-state index in [2.05, 4.69) is 20.7 Å². The number of hydrogen-bond acceptors (Lipinski definition) is 6. The van der Waals surface area contributed by atoms with E-state index >= 15 is 0 Å². The van der Waals surface area contributed by atoms with Crippen LogP contribution in [0.15, 0.2) is 48.5 Å². The van der Waals surface area contributed by atoms with Crippen molar-refractivity contribution in [1.82, 2.24) is 30.4 Å². The van der Waals surface area contributed by atoms with Crippen molar-refractivity contribution < 1.29 is 23.1 Å². The highest BCUT2D eigenvalue weighted by Crippen LogP contribution is 2.27. The molecule has 1 aliphatic carbocycles. The van der Waals surface area contributed by atoms with Crippen LogP contribution in [0.1, 0.15) is 56.6 Å². The Labute approximate surface area is 225 Å². The van der Waals surface area contributed by atoms with Gasteiger partial charge in [-0.15, -0.1) is 10.2 Å². The fourth-order valence-corrected chi connectivity index (χ4v) is 5.24. The second-order valence-corrected chi connectivity index (χ2v) is 10.1. The summed E-state index contributed by atoms with van der Waals surface area (Å²) < 4.78 is 32.9. The van der Waals surface area contributed by atoms with E-state index in [9.17, 15) is 18.4 Å². The third kappa shape index (κ3) is 6.83. The summed E-state index contributed by atoms with van der Waals surface area (Å²) in [6.45, 7) is 0.516. The van der Waals surface area contributed by atoms with Gasteiger partial charge in [0.2, 0.25) is 17.6 Å². The van der Waals surface area contributed by atoms with Crippen molar-refractivity contribution in [3.63, 3.8) is 0 Å². The van der Waals surface area contributed by atoms with E-state index in [4.69, 9.17) is 4.74 Å². The van der Waals surface area contributed by atoms with Gasteiger partial charge >= 0.3 is 0 Å². The summed E-state index contributed by atoms with van der Waals surface area (Å²) >= 11 is 0. The SMILES string of the molecule is O=C(NC1CCCCC1)C(c1ccc(F)cc1)N(CC1CCCO1)C(=O)Cn1nnc(-c2ccc(F)cc2)n1. The molecule has 2 fully saturated rings. The van der Waals surface area contributed by atoms with Crippen LogP contribution in [0.25, 0.3) is 11.4 Å². The van der Waals surface area contributed by atoms with Gasteiger partial charge in [0, 0.05) is 24.8 Å². The number of ether oxygens (including phenoxy) is 1. The van der Waals surface area contributed by atoms with E-state index < -0.39 is 17.8 Å². The maximum absolute atomic E-state index is 13.8. The van der Waals surface area contributed by atoms with Crippen LogP contribution in [-0.2, 0) is 20.9 Å². The van der Waals surface area contributed by atoms with Gasteiger partial charge in [0.1, 0.15) is 24.2 Å². The molecule has 39 heavy (non-hydrogen) atoms. The van der Waals surface area contributed by atoms with Gasteiger partial charge < -0.3 is 15.0 Å². The summed E-state index contributed by atoms with van der Waals surface area (Å²) in [7, 11) is 0. The van der Waals surface area contributed by atoms with Gasteiger partial charge in [0.25, 0.3) is 0 Å². The molecular formula is C28H32F2N6O3. The first-order chi connectivity index (χ1) is 19.0. The van der Waals surface area contributed by atoms with Crippen LogP contribution in [0.5, 0.6) is 0 Å². The number of rotatable bonds is 9. The van der Waals surface area contributed by atoms with Gasteiger partial charge in [-0.25, -0.2) is 8.78 Å². The average molecular weight is 539 g/mol. The number of halogens is 2. The maximum Gasteiger partial charge on any atom is 0.247 e. The molecule has 9 nitrogen and oxygen atoms in total. The molecular weight excluding hydrogens is 506 g/mol. The molecule has 0 radical (unpaired) electrons. The highest BCUT2D eigenvalue weighted by molar-refractivity contribution is 5.89. The van der Waals surface area contributed by atoms with Gasteiger partial charge in [-0.3, -0.25) is 9.59 Å². The normalized spacial score (nSPS) is 18.6. The van der Waals surface area contributed by atoms with Crippen molar-refractivity contribution in [2.45, 2.75) is 69.7 Å². The van der Waals surface area contributed by atoms with E-state index in [0.29, 0.717) is 17.7 Å². The number of carbonyl (C=O) groups is 2. The van der Waals surface area contributed by atoms with Gasteiger partial charge in [0.05, 0.1) is 6.10 Å². The first kappa shape index (κ1) is 26.9.